The van der Waals surface area contributed by atoms with Crippen molar-refractivity contribution in [1.29, 1.82) is 0 Å². The molecule has 0 aromatic carbocycles. The van der Waals surface area contributed by atoms with Crippen molar-refractivity contribution in [2.75, 3.05) is 7.05 Å². The lowest BCUT2D eigenvalue weighted by atomic mass is 9.83. The Morgan fingerprint density at radius 1 is 1.27 bits per heavy atom. The first-order valence-corrected chi connectivity index (χ1v) is 6.04. The highest BCUT2D eigenvalue weighted by molar-refractivity contribution is 5.89. The van der Waals surface area contributed by atoms with Gasteiger partial charge >= 0.3 is 0 Å². The Bertz CT molecular complexity index is 211. The van der Waals surface area contributed by atoms with E-state index >= 15 is 0 Å². The molecule has 0 rings (SSSR count). The topological polar surface area (TPSA) is 20.3 Å². The number of rotatable bonds is 6. The molecule has 0 aliphatic heterocycles. The van der Waals surface area contributed by atoms with Crippen LogP contribution < -0.4 is 0 Å². The van der Waals surface area contributed by atoms with Crippen LogP contribution in [0, 0.1) is 5.92 Å². The summed E-state index contributed by atoms with van der Waals surface area (Å²) in [5, 5.41) is 0. The van der Waals surface area contributed by atoms with Gasteiger partial charge in [0.2, 0.25) is 0 Å². The van der Waals surface area contributed by atoms with Crippen LogP contribution in [-0.2, 0) is 4.79 Å². The molecule has 1 unspecified atom stereocenters. The second-order valence-electron chi connectivity index (χ2n) is 5.25. The summed E-state index contributed by atoms with van der Waals surface area (Å²) in [5.74, 6) is 0.475. The van der Waals surface area contributed by atoms with Crippen molar-refractivity contribution in [3.8, 4) is 0 Å². The molecule has 1 atom stereocenters. The molecule has 0 heterocycles. The van der Waals surface area contributed by atoms with Crippen molar-refractivity contribution < 1.29 is 4.79 Å². The van der Waals surface area contributed by atoms with Gasteiger partial charge in [-0.15, -0.1) is 0 Å². The Balaban J connectivity index is 4.96. The molecular formula is C13H27NO. The maximum absolute atomic E-state index is 12.3. The van der Waals surface area contributed by atoms with Gasteiger partial charge < -0.3 is 0 Å². The van der Waals surface area contributed by atoms with Gasteiger partial charge in [0, 0.05) is 12.0 Å². The van der Waals surface area contributed by atoms with Gasteiger partial charge in [-0.05, 0) is 34.2 Å². The fourth-order valence-corrected chi connectivity index (χ4v) is 2.15. The average molecular weight is 213 g/mol. The molecule has 0 aromatic heterocycles. The highest BCUT2D eigenvalue weighted by Crippen LogP contribution is 2.26. The van der Waals surface area contributed by atoms with Crippen LogP contribution in [0.15, 0.2) is 0 Å². The van der Waals surface area contributed by atoms with E-state index in [1.807, 2.05) is 13.8 Å². The first-order valence-electron chi connectivity index (χ1n) is 6.04. The van der Waals surface area contributed by atoms with Gasteiger partial charge in [-0.2, -0.15) is 0 Å². The fourth-order valence-electron chi connectivity index (χ4n) is 2.15. The van der Waals surface area contributed by atoms with E-state index in [1.54, 1.807) is 0 Å². The van der Waals surface area contributed by atoms with Crippen molar-refractivity contribution in [2.24, 2.45) is 5.92 Å². The van der Waals surface area contributed by atoms with Crippen LogP contribution in [0.5, 0.6) is 0 Å². The Hall–Kier alpha value is -0.370. The zero-order valence-electron chi connectivity index (χ0n) is 11.4. The first-order chi connectivity index (χ1) is 6.77. The van der Waals surface area contributed by atoms with Gasteiger partial charge in [-0.25, -0.2) is 0 Å². The summed E-state index contributed by atoms with van der Waals surface area (Å²) in [6.45, 7) is 12.5. The number of carbonyl (C=O) groups is 1. The predicted molar refractivity (Wildman–Crippen MR) is 66.1 cm³/mol. The van der Waals surface area contributed by atoms with Gasteiger partial charge in [0.15, 0.2) is 5.78 Å². The normalized spacial score (nSPS) is 16.1. The summed E-state index contributed by atoms with van der Waals surface area (Å²) < 4.78 is 0. The quantitative estimate of drug-likeness (QED) is 0.675. The number of likely N-dealkylation sites (N-methyl/N-ethyl adjacent to an activating group) is 1. The number of ketones is 1. The van der Waals surface area contributed by atoms with E-state index in [0.717, 1.165) is 12.8 Å². The fraction of sp³-hybridized carbons (Fsp3) is 0.923. The summed E-state index contributed by atoms with van der Waals surface area (Å²) in [6.07, 6.45) is 1.99. The maximum Gasteiger partial charge on any atom is 0.155 e. The third kappa shape index (κ3) is 3.30. The lowest BCUT2D eigenvalue weighted by Gasteiger charge is -2.41. The van der Waals surface area contributed by atoms with Gasteiger partial charge in [0.05, 0.1) is 5.54 Å². The lowest BCUT2D eigenvalue weighted by molar-refractivity contribution is -0.134. The maximum atomic E-state index is 12.3. The van der Waals surface area contributed by atoms with E-state index in [0.29, 0.717) is 11.8 Å². The second kappa shape index (κ2) is 5.64. The summed E-state index contributed by atoms with van der Waals surface area (Å²) in [7, 11) is 2.06. The summed E-state index contributed by atoms with van der Waals surface area (Å²) in [4.78, 5) is 14.5. The molecule has 90 valence electrons. The van der Waals surface area contributed by atoms with Crippen molar-refractivity contribution in [3.63, 3.8) is 0 Å². The number of Topliss-reactive ketones (excluding diaryl/α,β-unsaturated/α-hetero) is 1. The van der Waals surface area contributed by atoms with Gasteiger partial charge in [0.1, 0.15) is 0 Å². The molecule has 0 bridgehead atoms. The molecule has 15 heavy (non-hydrogen) atoms. The van der Waals surface area contributed by atoms with Crippen LogP contribution in [-0.4, -0.2) is 29.3 Å². The highest BCUT2D eigenvalue weighted by atomic mass is 16.1. The molecule has 0 aromatic rings. The minimum atomic E-state index is -0.295. The van der Waals surface area contributed by atoms with E-state index in [4.69, 9.17) is 0 Å². The molecule has 2 nitrogen and oxygen atoms in total. The zero-order chi connectivity index (χ0) is 12.2. The Kier molecular flexibility index (Phi) is 5.50. The standard InChI is InChI=1S/C13H27NO/c1-8-9-13(6,12(15)10(2)3)14(7)11(4)5/h10-11H,8-9H2,1-7H3. The van der Waals surface area contributed by atoms with Crippen molar-refractivity contribution in [2.45, 2.75) is 66.0 Å². The number of carbonyl (C=O) groups excluding carboxylic acids is 1. The average Bonchev–Trinajstić information content (AvgIpc) is 2.15. The predicted octanol–water partition coefficient (Wildman–Crippen LogP) is 3.11. The third-order valence-electron chi connectivity index (χ3n) is 3.35. The molecule has 0 fully saturated rings. The van der Waals surface area contributed by atoms with E-state index < -0.39 is 0 Å². The molecule has 0 saturated carbocycles. The van der Waals surface area contributed by atoms with Gasteiger partial charge in [-0.1, -0.05) is 27.2 Å². The molecular weight excluding hydrogens is 186 g/mol. The summed E-state index contributed by atoms with van der Waals surface area (Å²) >= 11 is 0. The van der Waals surface area contributed by atoms with E-state index in [1.165, 1.54) is 0 Å². The summed E-state index contributed by atoms with van der Waals surface area (Å²) in [5.41, 5.74) is -0.295. The number of nitrogens with zero attached hydrogens (tertiary/aromatic N) is 1. The minimum Gasteiger partial charge on any atom is -0.297 e. The highest BCUT2D eigenvalue weighted by Gasteiger charge is 2.38. The first kappa shape index (κ1) is 14.6. The molecule has 0 spiro atoms. The molecule has 0 amide bonds. The van der Waals surface area contributed by atoms with Crippen LogP contribution in [0.2, 0.25) is 0 Å². The van der Waals surface area contributed by atoms with E-state index in [2.05, 4.69) is 39.6 Å². The number of hydrogen-bond donors (Lipinski definition) is 0. The third-order valence-corrected chi connectivity index (χ3v) is 3.35. The SMILES string of the molecule is CCCC(C)(C(=O)C(C)C)N(C)C(C)C. The van der Waals surface area contributed by atoms with Crippen LogP contribution in [0.25, 0.3) is 0 Å². The van der Waals surface area contributed by atoms with Crippen molar-refractivity contribution in [3.05, 3.63) is 0 Å². The monoisotopic (exact) mass is 213 g/mol. The van der Waals surface area contributed by atoms with Crippen LogP contribution in [0.1, 0.15) is 54.4 Å². The van der Waals surface area contributed by atoms with Crippen molar-refractivity contribution in [1.82, 2.24) is 4.90 Å². The Morgan fingerprint density at radius 2 is 1.73 bits per heavy atom. The Labute approximate surface area is 95.0 Å². The largest absolute Gasteiger partial charge is 0.297 e. The molecule has 0 N–H and O–H groups in total. The van der Waals surface area contributed by atoms with E-state index in [9.17, 15) is 4.79 Å². The van der Waals surface area contributed by atoms with E-state index in [-0.39, 0.29) is 11.5 Å². The zero-order valence-corrected chi connectivity index (χ0v) is 11.4. The van der Waals surface area contributed by atoms with Crippen molar-refractivity contribution >= 4 is 5.78 Å². The minimum absolute atomic E-state index is 0.114. The second-order valence-corrected chi connectivity index (χ2v) is 5.25. The van der Waals surface area contributed by atoms with Crippen LogP contribution in [0.3, 0.4) is 0 Å². The number of hydrogen-bond acceptors (Lipinski definition) is 2. The lowest BCUT2D eigenvalue weighted by Crippen LogP contribution is -2.54. The van der Waals surface area contributed by atoms with Gasteiger partial charge in [-0.3, -0.25) is 9.69 Å². The molecule has 2 heteroatoms. The molecule has 0 saturated heterocycles. The van der Waals surface area contributed by atoms with Crippen LogP contribution >= 0.6 is 0 Å². The Morgan fingerprint density at radius 3 is 2.00 bits per heavy atom. The summed E-state index contributed by atoms with van der Waals surface area (Å²) in [6, 6.07) is 0.407. The van der Waals surface area contributed by atoms with Crippen LogP contribution in [0.4, 0.5) is 0 Å². The molecule has 0 aliphatic carbocycles. The van der Waals surface area contributed by atoms with Gasteiger partial charge in [0.25, 0.3) is 0 Å². The smallest absolute Gasteiger partial charge is 0.155 e. The molecule has 0 radical (unpaired) electrons. The molecule has 0 aliphatic rings.